The molecule has 0 unspecified atom stereocenters. The summed E-state index contributed by atoms with van der Waals surface area (Å²) in [5.41, 5.74) is 2.55. The number of aromatic nitrogens is 1. The molecule has 22 heavy (non-hydrogen) atoms. The van der Waals surface area contributed by atoms with Gasteiger partial charge >= 0.3 is 0 Å². The minimum atomic E-state index is 0. The molecule has 0 atom stereocenters. The summed E-state index contributed by atoms with van der Waals surface area (Å²) in [6, 6.07) is 21.2. The number of fused-ring (bicyclic) bond motifs is 1. The van der Waals surface area contributed by atoms with E-state index in [1.165, 1.54) is 16.5 Å². The third-order valence-electron chi connectivity index (χ3n) is 3.60. The van der Waals surface area contributed by atoms with Gasteiger partial charge in [-0.05, 0) is 24.1 Å². The van der Waals surface area contributed by atoms with E-state index in [9.17, 15) is 0 Å². The van der Waals surface area contributed by atoms with E-state index in [2.05, 4.69) is 83.3 Å². The van der Waals surface area contributed by atoms with E-state index in [0.29, 0.717) is 0 Å². The van der Waals surface area contributed by atoms with Crippen molar-refractivity contribution in [3.8, 4) is 0 Å². The molecular formula is C19H21ClN2. The maximum absolute atomic E-state index is 4.69. The molecule has 0 bridgehead atoms. The number of para-hydroxylation sites is 1. The maximum Gasteiger partial charge on any atom is 0.0682 e. The van der Waals surface area contributed by atoms with Gasteiger partial charge in [-0.1, -0.05) is 55.5 Å². The van der Waals surface area contributed by atoms with E-state index in [4.69, 9.17) is 0 Å². The molecular weight excluding hydrogens is 292 g/mol. The molecule has 2 nitrogen and oxygen atoms in total. The minimum absolute atomic E-state index is 0. The van der Waals surface area contributed by atoms with Crippen molar-refractivity contribution < 1.29 is 0 Å². The number of hydrogen-bond acceptors (Lipinski definition) is 1. The normalized spacial score (nSPS) is 11.4. The highest BCUT2D eigenvalue weighted by Gasteiger charge is 2.01. The van der Waals surface area contributed by atoms with Crippen LogP contribution in [0, 0.1) is 0 Å². The Balaban J connectivity index is 0.00000176. The molecule has 3 aromatic rings. The largest absolute Gasteiger partial charge is 0.343 e. The maximum atomic E-state index is 4.69. The highest BCUT2D eigenvalue weighted by molar-refractivity contribution is 5.85. The topological polar surface area (TPSA) is 17.3 Å². The van der Waals surface area contributed by atoms with Gasteiger partial charge in [0, 0.05) is 24.7 Å². The van der Waals surface area contributed by atoms with E-state index in [1.54, 1.807) is 0 Å². The van der Waals surface area contributed by atoms with Gasteiger partial charge in [0.2, 0.25) is 0 Å². The Hall–Kier alpha value is -2.06. The van der Waals surface area contributed by atoms with Crippen molar-refractivity contribution in [1.82, 2.24) is 4.57 Å². The van der Waals surface area contributed by atoms with Crippen LogP contribution in [-0.4, -0.2) is 11.1 Å². The average Bonchev–Trinajstić information content (AvgIpc) is 2.55. The second-order valence-corrected chi connectivity index (χ2v) is 5.21. The van der Waals surface area contributed by atoms with Gasteiger partial charge in [-0.2, -0.15) is 0 Å². The fourth-order valence-electron chi connectivity index (χ4n) is 2.56. The Morgan fingerprint density at radius 3 is 2.41 bits per heavy atom. The van der Waals surface area contributed by atoms with E-state index in [0.717, 1.165) is 24.9 Å². The molecule has 0 saturated heterocycles. The summed E-state index contributed by atoms with van der Waals surface area (Å²) in [6.45, 7) is 3.92. The van der Waals surface area contributed by atoms with Crippen LogP contribution in [0.2, 0.25) is 0 Å². The van der Waals surface area contributed by atoms with Gasteiger partial charge in [-0.25, -0.2) is 0 Å². The summed E-state index contributed by atoms with van der Waals surface area (Å²) < 4.78 is 2.29. The molecule has 0 radical (unpaired) electrons. The van der Waals surface area contributed by atoms with Gasteiger partial charge in [0.05, 0.1) is 10.9 Å². The van der Waals surface area contributed by atoms with Crippen molar-refractivity contribution in [2.45, 2.75) is 19.9 Å². The summed E-state index contributed by atoms with van der Waals surface area (Å²) in [4.78, 5) is 4.69. The Morgan fingerprint density at radius 1 is 0.909 bits per heavy atom. The van der Waals surface area contributed by atoms with Crippen LogP contribution < -0.4 is 5.36 Å². The van der Waals surface area contributed by atoms with Crippen molar-refractivity contribution in [1.29, 1.82) is 0 Å². The molecule has 3 rings (SSSR count). The van der Waals surface area contributed by atoms with Crippen LogP contribution in [0.3, 0.4) is 0 Å². The lowest BCUT2D eigenvalue weighted by molar-refractivity contribution is 0.822. The first kappa shape index (κ1) is 16.3. The first-order valence-corrected chi connectivity index (χ1v) is 7.51. The predicted octanol–water partition coefficient (Wildman–Crippen LogP) is 4.42. The molecule has 0 fully saturated rings. The molecule has 3 heteroatoms. The summed E-state index contributed by atoms with van der Waals surface area (Å²) in [5, 5.41) is 2.32. The van der Waals surface area contributed by atoms with Gasteiger partial charge in [0.25, 0.3) is 0 Å². The number of pyridine rings is 1. The van der Waals surface area contributed by atoms with Gasteiger partial charge in [-0.15, -0.1) is 12.4 Å². The molecule has 0 aliphatic carbocycles. The molecule has 2 aromatic carbocycles. The number of rotatable bonds is 4. The second kappa shape index (κ2) is 7.81. The summed E-state index contributed by atoms with van der Waals surface area (Å²) in [6.07, 6.45) is 3.22. The third-order valence-corrected chi connectivity index (χ3v) is 3.60. The monoisotopic (exact) mass is 312 g/mol. The molecule has 1 aromatic heterocycles. The smallest absolute Gasteiger partial charge is 0.0682 e. The average molecular weight is 313 g/mol. The number of nitrogens with zero attached hydrogens (tertiary/aromatic N) is 2. The van der Waals surface area contributed by atoms with E-state index < -0.39 is 0 Å². The SMILES string of the molecule is CCCN=c1ccn(Cc2ccccc2)c2ccccc12.Cl. The van der Waals surface area contributed by atoms with Crippen LogP contribution in [0.15, 0.2) is 71.9 Å². The fourth-order valence-corrected chi connectivity index (χ4v) is 2.56. The lowest BCUT2D eigenvalue weighted by atomic mass is 10.1. The molecule has 0 spiro atoms. The number of hydrogen-bond donors (Lipinski definition) is 0. The standard InChI is InChI=1S/C19H20N2.ClH/c1-2-13-20-18-12-14-21(15-16-8-4-3-5-9-16)19-11-7-6-10-17(18)19;/h3-12,14H,2,13,15H2,1H3;1H. The minimum Gasteiger partial charge on any atom is -0.343 e. The van der Waals surface area contributed by atoms with Crippen molar-refractivity contribution in [2.24, 2.45) is 4.99 Å². The Labute approximate surface area is 137 Å². The fraction of sp³-hybridized carbons (Fsp3) is 0.211. The zero-order chi connectivity index (χ0) is 14.5. The quantitative estimate of drug-likeness (QED) is 0.678. The van der Waals surface area contributed by atoms with Gasteiger partial charge in [0.1, 0.15) is 0 Å². The first-order chi connectivity index (χ1) is 10.4. The van der Waals surface area contributed by atoms with Crippen LogP contribution in [0.5, 0.6) is 0 Å². The van der Waals surface area contributed by atoms with Gasteiger partial charge in [-0.3, -0.25) is 4.99 Å². The van der Waals surface area contributed by atoms with Gasteiger partial charge < -0.3 is 4.57 Å². The van der Waals surface area contributed by atoms with Crippen LogP contribution in [-0.2, 0) is 6.54 Å². The van der Waals surface area contributed by atoms with Crippen LogP contribution in [0.1, 0.15) is 18.9 Å². The molecule has 0 amide bonds. The van der Waals surface area contributed by atoms with E-state index in [-0.39, 0.29) is 12.4 Å². The zero-order valence-electron chi connectivity index (χ0n) is 12.8. The lowest BCUT2D eigenvalue weighted by Crippen LogP contribution is -2.10. The number of benzene rings is 2. The molecule has 0 aliphatic heterocycles. The third kappa shape index (κ3) is 3.58. The first-order valence-electron chi connectivity index (χ1n) is 7.51. The molecule has 114 valence electrons. The molecule has 0 saturated carbocycles. The Morgan fingerprint density at radius 2 is 1.64 bits per heavy atom. The van der Waals surface area contributed by atoms with Crippen molar-refractivity contribution >= 4 is 23.3 Å². The molecule has 0 N–H and O–H groups in total. The number of halogens is 1. The summed E-state index contributed by atoms with van der Waals surface area (Å²) in [5.74, 6) is 0. The summed E-state index contributed by atoms with van der Waals surface area (Å²) in [7, 11) is 0. The van der Waals surface area contributed by atoms with Gasteiger partial charge in [0.15, 0.2) is 0 Å². The highest BCUT2D eigenvalue weighted by Crippen LogP contribution is 2.12. The highest BCUT2D eigenvalue weighted by atomic mass is 35.5. The molecule has 1 heterocycles. The summed E-state index contributed by atoms with van der Waals surface area (Å²) >= 11 is 0. The Bertz CT molecular complexity index is 791. The van der Waals surface area contributed by atoms with E-state index >= 15 is 0 Å². The van der Waals surface area contributed by atoms with Crippen molar-refractivity contribution in [2.75, 3.05) is 6.54 Å². The van der Waals surface area contributed by atoms with Crippen molar-refractivity contribution in [3.63, 3.8) is 0 Å². The lowest BCUT2D eigenvalue weighted by Gasteiger charge is -2.11. The van der Waals surface area contributed by atoms with Crippen molar-refractivity contribution in [3.05, 3.63) is 77.8 Å². The van der Waals surface area contributed by atoms with Crippen LogP contribution >= 0.6 is 12.4 Å². The zero-order valence-corrected chi connectivity index (χ0v) is 13.6. The van der Waals surface area contributed by atoms with Crippen LogP contribution in [0.25, 0.3) is 10.9 Å². The van der Waals surface area contributed by atoms with E-state index in [1.807, 2.05) is 0 Å². The molecule has 0 aliphatic rings. The predicted molar refractivity (Wildman–Crippen MR) is 95.5 cm³/mol. The Kier molecular flexibility index (Phi) is 5.79. The van der Waals surface area contributed by atoms with Crippen LogP contribution in [0.4, 0.5) is 0 Å². The second-order valence-electron chi connectivity index (χ2n) is 5.21.